The summed E-state index contributed by atoms with van der Waals surface area (Å²) in [5.74, 6) is -0.534. The van der Waals surface area contributed by atoms with E-state index in [0.717, 1.165) is 0 Å². The van der Waals surface area contributed by atoms with Gasteiger partial charge in [0.1, 0.15) is 5.56 Å². The van der Waals surface area contributed by atoms with E-state index < -0.39 is 16.9 Å². The Morgan fingerprint density at radius 1 is 1.43 bits per heavy atom. The molecule has 116 valence electrons. The van der Waals surface area contributed by atoms with Gasteiger partial charge in [0, 0.05) is 12.6 Å². The highest BCUT2D eigenvalue weighted by atomic mass is 16.6. The van der Waals surface area contributed by atoms with E-state index in [1.807, 2.05) is 20.8 Å². The van der Waals surface area contributed by atoms with Gasteiger partial charge in [0.05, 0.1) is 11.0 Å². The van der Waals surface area contributed by atoms with Crippen molar-refractivity contribution in [2.45, 2.75) is 40.2 Å². The Morgan fingerprint density at radius 2 is 2.05 bits per heavy atom. The van der Waals surface area contributed by atoms with Crippen molar-refractivity contribution in [1.29, 1.82) is 0 Å². The predicted molar refractivity (Wildman–Crippen MR) is 80.2 cm³/mol. The molecule has 0 aliphatic carbocycles. The third-order valence-electron chi connectivity index (χ3n) is 3.02. The van der Waals surface area contributed by atoms with E-state index in [1.54, 1.807) is 19.1 Å². The van der Waals surface area contributed by atoms with Gasteiger partial charge in [-0.05, 0) is 24.3 Å². The number of hydrogen-bond donors (Lipinski definition) is 2. The van der Waals surface area contributed by atoms with Crippen LogP contribution in [0.3, 0.4) is 0 Å². The van der Waals surface area contributed by atoms with Gasteiger partial charge in [-0.3, -0.25) is 14.9 Å². The number of benzene rings is 1. The molecule has 0 aliphatic heterocycles. The smallest absolute Gasteiger partial charge is 0.282 e. The predicted octanol–water partition coefficient (Wildman–Crippen LogP) is 2.43. The van der Waals surface area contributed by atoms with Crippen molar-refractivity contribution in [3.05, 3.63) is 39.4 Å². The van der Waals surface area contributed by atoms with E-state index in [1.165, 1.54) is 6.07 Å². The number of amides is 1. The van der Waals surface area contributed by atoms with Crippen molar-refractivity contribution in [2.24, 2.45) is 5.41 Å². The lowest BCUT2D eigenvalue weighted by Crippen LogP contribution is -2.34. The Balaban J connectivity index is 2.79. The molecule has 1 rings (SSSR count). The average molecular weight is 294 g/mol. The molecule has 1 aromatic carbocycles. The molecule has 6 nitrogen and oxygen atoms in total. The van der Waals surface area contributed by atoms with Crippen LogP contribution in [0.5, 0.6) is 0 Å². The number of aliphatic hydroxyl groups is 1. The Hall–Kier alpha value is -1.95. The Kier molecular flexibility index (Phi) is 5.43. The van der Waals surface area contributed by atoms with Gasteiger partial charge in [0.15, 0.2) is 0 Å². The summed E-state index contributed by atoms with van der Waals surface area (Å²) in [7, 11) is 0. The minimum atomic E-state index is -0.683. The maximum absolute atomic E-state index is 12.1. The number of carbonyl (C=O) groups excluding carboxylic acids is 1. The topological polar surface area (TPSA) is 92.5 Å². The Bertz CT molecular complexity index is 535. The molecule has 0 saturated carbocycles. The molecule has 0 heterocycles. The molecule has 0 aromatic heterocycles. The molecule has 1 unspecified atom stereocenters. The van der Waals surface area contributed by atoms with Crippen LogP contribution >= 0.6 is 0 Å². The lowest BCUT2D eigenvalue weighted by atomic mass is 9.89. The molecule has 0 radical (unpaired) electrons. The molecule has 1 atom stereocenters. The van der Waals surface area contributed by atoms with E-state index >= 15 is 0 Å². The summed E-state index contributed by atoms with van der Waals surface area (Å²) in [4.78, 5) is 22.5. The van der Waals surface area contributed by atoms with E-state index in [9.17, 15) is 20.0 Å². The summed E-state index contributed by atoms with van der Waals surface area (Å²) in [5, 5.41) is 23.4. The van der Waals surface area contributed by atoms with Crippen molar-refractivity contribution in [2.75, 3.05) is 6.54 Å². The molecule has 0 bridgehead atoms. The van der Waals surface area contributed by atoms with Crippen LogP contribution in [0.2, 0.25) is 0 Å². The number of nitrogens with zero attached hydrogens (tertiary/aromatic N) is 1. The fourth-order valence-electron chi connectivity index (χ4n) is 2.18. The molecule has 0 fully saturated rings. The van der Waals surface area contributed by atoms with Crippen molar-refractivity contribution in [1.82, 2.24) is 5.32 Å². The molecule has 21 heavy (non-hydrogen) atoms. The van der Waals surface area contributed by atoms with Gasteiger partial charge in [0.25, 0.3) is 11.6 Å². The van der Waals surface area contributed by atoms with Gasteiger partial charge in [-0.25, -0.2) is 0 Å². The van der Waals surface area contributed by atoms with E-state index in [2.05, 4.69) is 5.32 Å². The second-order valence-electron chi connectivity index (χ2n) is 6.35. The van der Waals surface area contributed by atoms with Gasteiger partial charge in [-0.2, -0.15) is 0 Å². The van der Waals surface area contributed by atoms with Crippen molar-refractivity contribution in [3.63, 3.8) is 0 Å². The number of rotatable bonds is 5. The minimum absolute atomic E-state index is 0.0467. The first kappa shape index (κ1) is 17.1. The standard InChI is InChI=1S/C15H22N2O4/c1-10-6-5-7-12(17(20)21)13(10)14(19)16-9-11(18)8-15(2,3)4/h5-7,11,18H,8-9H2,1-4H3,(H,16,19). The second-order valence-corrected chi connectivity index (χ2v) is 6.35. The summed E-state index contributed by atoms with van der Waals surface area (Å²) in [5.41, 5.74) is 0.300. The number of aliphatic hydroxyl groups excluding tert-OH is 1. The number of nitrogens with one attached hydrogen (secondary N) is 1. The maximum Gasteiger partial charge on any atom is 0.282 e. The third-order valence-corrected chi connectivity index (χ3v) is 3.02. The lowest BCUT2D eigenvalue weighted by molar-refractivity contribution is -0.385. The molecule has 0 saturated heterocycles. The molecule has 1 amide bonds. The van der Waals surface area contributed by atoms with Crippen LogP contribution in [0.1, 0.15) is 43.1 Å². The highest BCUT2D eigenvalue weighted by molar-refractivity contribution is 5.99. The van der Waals surface area contributed by atoms with Crippen LogP contribution in [0.25, 0.3) is 0 Å². The summed E-state index contributed by atoms with van der Waals surface area (Å²) >= 11 is 0. The van der Waals surface area contributed by atoms with Crippen LogP contribution in [0.15, 0.2) is 18.2 Å². The third kappa shape index (κ3) is 5.15. The quantitative estimate of drug-likeness (QED) is 0.644. The number of carbonyl (C=O) groups is 1. The number of nitro groups is 1. The number of nitro benzene ring substituents is 1. The highest BCUT2D eigenvalue weighted by Gasteiger charge is 2.23. The summed E-state index contributed by atoms with van der Waals surface area (Å²) in [6, 6.07) is 4.49. The zero-order valence-corrected chi connectivity index (χ0v) is 12.8. The monoisotopic (exact) mass is 294 g/mol. The first-order valence-electron chi connectivity index (χ1n) is 6.82. The molecule has 2 N–H and O–H groups in total. The van der Waals surface area contributed by atoms with E-state index in [4.69, 9.17) is 0 Å². The Labute approximate surface area is 124 Å². The zero-order valence-electron chi connectivity index (χ0n) is 12.8. The first-order chi connectivity index (χ1) is 9.61. The van der Waals surface area contributed by atoms with Crippen LogP contribution in [-0.2, 0) is 0 Å². The van der Waals surface area contributed by atoms with Crippen molar-refractivity contribution >= 4 is 11.6 Å². The molecular formula is C15H22N2O4. The SMILES string of the molecule is Cc1cccc([N+](=O)[O-])c1C(=O)NCC(O)CC(C)(C)C. The largest absolute Gasteiger partial charge is 0.391 e. The molecule has 1 aromatic rings. The highest BCUT2D eigenvalue weighted by Crippen LogP contribution is 2.22. The van der Waals surface area contributed by atoms with E-state index in [-0.39, 0.29) is 23.2 Å². The average Bonchev–Trinajstić information content (AvgIpc) is 2.33. The number of aryl methyl sites for hydroxylation is 1. The molecule has 0 spiro atoms. The minimum Gasteiger partial charge on any atom is -0.391 e. The summed E-state index contributed by atoms with van der Waals surface area (Å²) in [6.45, 7) is 7.69. The van der Waals surface area contributed by atoms with Gasteiger partial charge in [0.2, 0.25) is 0 Å². The van der Waals surface area contributed by atoms with Crippen molar-refractivity contribution < 1.29 is 14.8 Å². The fraction of sp³-hybridized carbons (Fsp3) is 0.533. The van der Waals surface area contributed by atoms with Crippen LogP contribution in [0, 0.1) is 22.5 Å². The van der Waals surface area contributed by atoms with E-state index in [0.29, 0.717) is 12.0 Å². The maximum atomic E-state index is 12.1. The normalized spacial score (nSPS) is 12.8. The van der Waals surface area contributed by atoms with Gasteiger partial charge in [-0.1, -0.05) is 32.9 Å². The van der Waals surface area contributed by atoms with Gasteiger partial charge in [-0.15, -0.1) is 0 Å². The molecular weight excluding hydrogens is 272 g/mol. The first-order valence-corrected chi connectivity index (χ1v) is 6.82. The van der Waals surface area contributed by atoms with Crippen molar-refractivity contribution in [3.8, 4) is 0 Å². The zero-order chi connectivity index (χ0) is 16.2. The van der Waals surface area contributed by atoms with Crippen LogP contribution in [0.4, 0.5) is 5.69 Å². The fourth-order valence-corrected chi connectivity index (χ4v) is 2.18. The van der Waals surface area contributed by atoms with Gasteiger partial charge >= 0.3 is 0 Å². The van der Waals surface area contributed by atoms with Crippen LogP contribution < -0.4 is 5.32 Å². The second kappa shape index (κ2) is 6.67. The van der Waals surface area contributed by atoms with Crippen LogP contribution in [-0.4, -0.2) is 28.6 Å². The van der Waals surface area contributed by atoms with Gasteiger partial charge < -0.3 is 10.4 Å². The lowest BCUT2D eigenvalue weighted by Gasteiger charge is -2.22. The molecule has 6 heteroatoms. The molecule has 0 aliphatic rings. The number of hydrogen-bond acceptors (Lipinski definition) is 4. The summed E-state index contributed by atoms with van der Waals surface area (Å²) < 4.78 is 0. The Morgan fingerprint density at radius 3 is 2.57 bits per heavy atom. The summed E-state index contributed by atoms with van der Waals surface area (Å²) in [6.07, 6.45) is -0.152.